The Kier molecular flexibility index (Phi) is 4.20. The molecule has 0 bridgehead atoms. The summed E-state index contributed by atoms with van der Waals surface area (Å²) in [5.41, 5.74) is 0.878. The maximum atomic E-state index is 11.8. The molecule has 1 unspecified atom stereocenters. The third kappa shape index (κ3) is 3.63. The zero-order valence-corrected chi connectivity index (χ0v) is 11.6. The first kappa shape index (κ1) is 13.7. The van der Waals surface area contributed by atoms with Crippen LogP contribution in [0.1, 0.15) is 12.8 Å². The number of rotatable bonds is 5. The highest BCUT2D eigenvalue weighted by Crippen LogP contribution is 2.12. The first-order chi connectivity index (χ1) is 10.3. The second-order valence-electron chi connectivity index (χ2n) is 4.95. The maximum absolute atomic E-state index is 11.8. The molecule has 3 rings (SSSR count). The molecule has 7 heteroatoms. The number of hydrogen-bond donors (Lipinski definition) is 1. The van der Waals surface area contributed by atoms with Crippen LogP contribution in [0.2, 0.25) is 0 Å². The minimum absolute atomic E-state index is 0.0621. The van der Waals surface area contributed by atoms with Crippen LogP contribution in [-0.4, -0.2) is 45.4 Å². The predicted molar refractivity (Wildman–Crippen MR) is 75.2 cm³/mol. The molecule has 2 aromatic rings. The first-order valence-corrected chi connectivity index (χ1v) is 7.03. The molecule has 1 amide bonds. The van der Waals surface area contributed by atoms with Gasteiger partial charge in [0.2, 0.25) is 11.7 Å². The third-order valence-corrected chi connectivity index (χ3v) is 3.32. The summed E-state index contributed by atoms with van der Waals surface area (Å²) in [6, 6.07) is 9.54. The second kappa shape index (κ2) is 6.45. The van der Waals surface area contributed by atoms with Crippen molar-refractivity contribution in [1.82, 2.24) is 25.5 Å². The molecule has 0 saturated carbocycles. The van der Waals surface area contributed by atoms with Gasteiger partial charge in [0.05, 0.1) is 6.10 Å². The number of carbonyl (C=O) groups excluding carboxylic acids is 1. The van der Waals surface area contributed by atoms with Crippen molar-refractivity contribution in [2.24, 2.45) is 0 Å². The third-order valence-electron chi connectivity index (χ3n) is 3.32. The SMILES string of the molecule is O=C(Cn1nnc(-c2ccccc2)n1)NCC1CCCO1. The highest BCUT2D eigenvalue weighted by molar-refractivity contribution is 5.75. The molecule has 2 heterocycles. The standard InChI is InChI=1S/C14H17N5O2/c20-13(15-9-12-7-4-8-21-12)10-19-17-14(16-18-19)11-5-2-1-3-6-11/h1-3,5-6,12H,4,7-10H2,(H,15,20). The lowest BCUT2D eigenvalue weighted by molar-refractivity contribution is -0.122. The Morgan fingerprint density at radius 1 is 1.38 bits per heavy atom. The average Bonchev–Trinajstić information content (AvgIpc) is 3.17. The summed E-state index contributed by atoms with van der Waals surface area (Å²) in [6.45, 7) is 1.39. The van der Waals surface area contributed by atoms with Gasteiger partial charge in [-0.25, -0.2) is 0 Å². The van der Waals surface area contributed by atoms with E-state index < -0.39 is 0 Å². The summed E-state index contributed by atoms with van der Waals surface area (Å²) in [4.78, 5) is 13.1. The molecule has 1 fully saturated rings. The molecule has 0 radical (unpaired) electrons. The largest absolute Gasteiger partial charge is 0.376 e. The summed E-state index contributed by atoms with van der Waals surface area (Å²) in [7, 11) is 0. The van der Waals surface area contributed by atoms with Gasteiger partial charge in [-0.3, -0.25) is 4.79 Å². The summed E-state index contributed by atoms with van der Waals surface area (Å²) in [5.74, 6) is 0.380. The van der Waals surface area contributed by atoms with Gasteiger partial charge in [-0.1, -0.05) is 30.3 Å². The zero-order valence-electron chi connectivity index (χ0n) is 11.6. The number of aromatic nitrogens is 4. The van der Waals surface area contributed by atoms with Crippen molar-refractivity contribution in [3.63, 3.8) is 0 Å². The normalized spacial score (nSPS) is 17.8. The number of benzene rings is 1. The topological polar surface area (TPSA) is 81.9 Å². The molecular weight excluding hydrogens is 270 g/mol. The van der Waals surface area contributed by atoms with Crippen LogP contribution < -0.4 is 5.32 Å². The Hall–Kier alpha value is -2.28. The van der Waals surface area contributed by atoms with E-state index in [4.69, 9.17) is 4.74 Å². The summed E-state index contributed by atoms with van der Waals surface area (Å²) in [6.07, 6.45) is 2.20. The van der Waals surface area contributed by atoms with E-state index in [0.717, 1.165) is 25.0 Å². The van der Waals surface area contributed by atoms with Crippen molar-refractivity contribution in [2.75, 3.05) is 13.2 Å². The lowest BCUT2D eigenvalue weighted by atomic mass is 10.2. The van der Waals surface area contributed by atoms with E-state index in [2.05, 4.69) is 20.7 Å². The molecule has 1 aromatic carbocycles. The summed E-state index contributed by atoms with van der Waals surface area (Å²) < 4.78 is 5.45. The molecule has 1 aliphatic rings. The minimum atomic E-state index is -0.137. The van der Waals surface area contributed by atoms with Gasteiger partial charge in [0.25, 0.3) is 0 Å². The lowest BCUT2D eigenvalue weighted by Gasteiger charge is -2.10. The van der Waals surface area contributed by atoms with Gasteiger partial charge < -0.3 is 10.1 Å². The van der Waals surface area contributed by atoms with E-state index in [-0.39, 0.29) is 18.6 Å². The second-order valence-corrected chi connectivity index (χ2v) is 4.95. The van der Waals surface area contributed by atoms with E-state index in [0.29, 0.717) is 12.4 Å². The number of nitrogens with one attached hydrogen (secondary N) is 1. The number of amides is 1. The van der Waals surface area contributed by atoms with Gasteiger partial charge >= 0.3 is 0 Å². The average molecular weight is 287 g/mol. The van der Waals surface area contributed by atoms with Crippen LogP contribution in [0.3, 0.4) is 0 Å². The Labute approximate surface area is 122 Å². The van der Waals surface area contributed by atoms with Crippen molar-refractivity contribution in [2.45, 2.75) is 25.5 Å². The van der Waals surface area contributed by atoms with Gasteiger partial charge in [-0.2, -0.15) is 4.80 Å². The molecule has 1 saturated heterocycles. The molecule has 110 valence electrons. The molecule has 1 N–H and O–H groups in total. The Morgan fingerprint density at radius 2 is 2.24 bits per heavy atom. The van der Waals surface area contributed by atoms with E-state index in [1.54, 1.807) is 0 Å². The number of nitrogens with zero attached hydrogens (tertiary/aromatic N) is 4. The quantitative estimate of drug-likeness (QED) is 0.872. The molecule has 1 aromatic heterocycles. The molecule has 0 aliphatic carbocycles. The van der Waals surface area contributed by atoms with Crippen LogP contribution in [0, 0.1) is 0 Å². The molecular formula is C14H17N5O2. The lowest BCUT2D eigenvalue weighted by Crippen LogP contribution is -2.34. The van der Waals surface area contributed by atoms with Crippen LogP contribution in [0.4, 0.5) is 0 Å². The van der Waals surface area contributed by atoms with Crippen LogP contribution in [0.5, 0.6) is 0 Å². The van der Waals surface area contributed by atoms with Crippen LogP contribution in [-0.2, 0) is 16.1 Å². The fourth-order valence-electron chi connectivity index (χ4n) is 2.23. The van der Waals surface area contributed by atoms with Gasteiger partial charge in [0.15, 0.2) is 0 Å². The maximum Gasteiger partial charge on any atom is 0.243 e. The number of tetrazole rings is 1. The highest BCUT2D eigenvalue weighted by atomic mass is 16.5. The predicted octanol–water partition coefficient (Wildman–Crippen LogP) is 0.635. The first-order valence-electron chi connectivity index (χ1n) is 7.03. The molecule has 21 heavy (non-hydrogen) atoms. The van der Waals surface area contributed by atoms with Gasteiger partial charge in [-0.15, -0.1) is 10.2 Å². The van der Waals surface area contributed by atoms with Crippen LogP contribution >= 0.6 is 0 Å². The van der Waals surface area contributed by atoms with Crippen molar-refractivity contribution >= 4 is 5.91 Å². The molecule has 1 aliphatic heterocycles. The van der Waals surface area contributed by atoms with Crippen molar-refractivity contribution < 1.29 is 9.53 Å². The van der Waals surface area contributed by atoms with Crippen molar-refractivity contribution in [1.29, 1.82) is 0 Å². The smallest absolute Gasteiger partial charge is 0.243 e. The van der Waals surface area contributed by atoms with Gasteiger partial charge in [0.1, 0.15) is 6.54 Å². The fraction of sp³-hybridized carbons (Fsp3) is 0.429. The summed E-state index contributed by atoms with van der Waals surface area (Å²) >= 11 is 0. The molecule has 7 nitrogen and oxygen atoms in total. The van der Waals surface area contributed by atoms with Crippen molar-refractivity contribution in [3.05, 3.63) is 30.3 Å². The van der Waals surface area contributed by atoms with Crippen LogP contribution in [0.15, 0.2) is 30.3 Å². The van der Waals surface area contributed by atoms with E-state index in [1.165, 1.54) is 4.80 Å². The van der Waals surface area contributed by atoms with Gasteiger partial charge in [-0.05, 0) is 18.1 Å². The zero-order chi connectivity index (χ0) is 14.5. The van der Waals surface area contributed by atoms with E-state index in [9.17, 15) is 4.79 Å². The molecule has 0 spiro atoms. The number of carbonyl (C=O) groups is 1. The minimum Gasteiger partial charge on any atom is -0.376 e. The van der Waals surface area contributed by atoms with E-state index in [1.807, 2.05) is 30.3 Å². The highest BCUT2D eigenvalue weighted by Gasteiger charge is 2.16. The van der Waals surface area contributed by atoms with Crippen LogP contribution in [0.25, 0.3) is 11.4 Å². The van der Waals surface area contributed by atoms with Crippen molar-refractivity contribution in [3.8, 4) is 11.4 Å². The monoisotopic (exact) mass is 287 g/mol. The Bertz CT molecular complexity index is 592. The summed E-state index contributed by atoms with van der Waals surface area (Å²) in [5, 5.41) is 14.9. The Morgan fingerprint density at radius 3 is 3.00 bits per heavy atom. The van der Waals surface area contributed by atoms with E-state index >= 15 is 0 Å². The fourth-order valence-corrected chi connectivity index (χ4v) is 2.23. The number of ether oxygens (including phenoxy) is 1. The Balaban J connectivity index is 1.53. The van der Waals surface area contributed by atoms with Gasteiger partial charge in [0, 0.05) is 18.7 Å². The number of hydrogen-bond acceptors (Lipinski definition) is 5. The molecule has 1 atom stereocenters.